The zero-order valence-corrected chi connectivity index (χ0v) is 12.4. The molecule has 1 aromatic heterocycles. The third kappa shape index (κ3) is 3.94. The Morgan fingerprint density at radius 2 is 2.05 bits per heavy atom. The number of primary amides is 1. The molecule has 8 nitrogen and oxygen atoms in total. The van der Waals surface area contributed by atoms with Crippen LogP contribution in [0.2, 0.25) is 0 Å². The van der Waals surface area contributed by atoms with E-state index in [0.717, 1.165) is 13.1 Å². The van der Waals surface area contributed by atoms with Crippen LogP contribution in [0.1, 0.15) is 0 Å². The van der Waals surface area contributed by atoms with Crippen LogP contribution in [-0.4, -0.2) is 67.0 Å². The van der Waals surface area contributed by atoms with Crippen molar-refractivity contribution in [1.82, 2.24) is 15.0 Å². The van der Waals surface area contributed by atoms with Gasteiger partial charge in [0.25, 0.3) is 0 Å². The Bertz CT molecular complexity index is 478. The second-order valence-corrected chi connectivity index (χ2v) is 5.41. The fraction of sp³-hybridized carbons (Fsp3) is 0.636. The Hall–Kier alpha value is -1.61. The van der Waals surface area contributed by atoms with E-state index in [4.69, 9.17) is 10.5 Å². The topological polar surface area (TPSA) is 97.5 Å². The lowest BCUT2D eigenvalue weighted by Crippen LogP contribution is -2.37. The normalized spacial score (nSPS) is 15.2. The van der Waals surface area contributed by atoms with Gasteiger partial charge in [-0.15, -0.1) is 0 Å². The SMILES string of the molecule is CN(C)c1nc(SCC(N)=O)nc(N2CCOCC2)n1. The Morgan fingerprint density at radius 1 is 1.35 bits per heavy atom. The van der Waals surface area contributed by atoms with E-state index in [1.807, 2.05) is 19.0 Å². The molecule has 2 N–H and O–H groups in total. The molecule has 1 amide bonds. The molecule has 1 fully saturated rings. The fourth-order valence-electron chi connectivity index (χ4n) is 1.64. The molecule has 2 heterocycles. The van der Waals surface area contributed by atoms with Crippen LogP contribution in [0.25, 0.3) is 0 Å². The highest BCUT2D eigenvalue weighted by molar-refractivity contribution is 7.99. The Labute approximate surface area is 121 Å². The summed E-state index contributed by atoms with van der Waals surface area (Å²) in [5.41, 5.74) is 5.15. The molecule has 0 aliphatic carbocycles. The van der Waals surface area contributed by atoms with E-state index >= 15 is 0 Å². The predicted molar refractivity (Wildman–Crippen MR) is 77.1 cm³/mol. The summed E-state index contributed by atoms with van der Waals surface area (Å²) in [4.78, 5) is 27.8. The summed E-state index contributed by atoms with van der Waals surface area (Å²) in [5.74, 6) is 0.932. The Balaban J connectivity index is 2.22. The number of hydrogen-bond donors (Lipinski definition) is 1. The molecule has 0 radical (unpaired) electrons. The number of aromatic nitrogens is 3. The van der Waals surface area contributed by atoms with Crippen LogP contribution in [0.4, 0.5) is 11.9 Å². The van der Waals surface area contributed by atoms with Crippen molar-refractivity contribution in [3.63, 3.8) is 0 Å². The number of carbonyl (C=O) groups is 1. The summed E-state index contributed by atoms with van der Waals surface area (Å²) in [6, 6.07) is 0. The average Bonchev–Trinajstić information content (AvgIpc) is 2.45. The van der Waals surface area contributed by atoms with Crippen LogP contribution >= 0.6 is 11.8 Å². The molecule has 0 aromatic carbocycles. The Kier molecular flexibility index (Phi) is 4.96. The summed E-state index contributed by atoms with van der Waals surface area (Å²) in [5, 5.41) is 0.504. The minimum atomic E-state index is -0.394. The van der Waals surface area contributed by atoms with Crippen molar-refractivity contribution >= 4 is 29.6 Å². The van der Waals surface area contributed by atoms with Gasteiger partial charge in [-0.1, -0.05) is 11.8 Å². The molecule has 1 aliphatic heterocycles. The lowest BCUT2D eigenvalue weighted by Gasteiger charge is -2.27. The first kappa shape index (κ1) is 14.8. The molecule has 1 aromatic rings. The van der Waals surface area contributed by atoms with Gasteiger partial charge in [0.05, 0.1) is 19.0 Å². The first-order chi connectivity index (χ1) is 9.56. The van der Waals surface area contributed by atoms with E-state index in [9.17, 15) is 4.79 Å². The van der Waals surface area contributed by atoms with Gasteiger partial charge in [-0.2, -0.15) is 15.0 Å². The first-order valence-electron chi connectivity index (χ1n) is 6.23. The molecule has 1 saturated heterocycles. The van der Waals surface area contributed by atoms with Crippen LogP contribution in [0, 0.1) is 0 Å². The summed E-state index contributed by atoms with van der Waals surface area (Å²) in [7, 11) is 3.72. The number of rotatable bonds is 5. The predicted octanol–water partition coefficient (Wildman–Crippen LogP) is -0.648. The van der Waals surface area contributed by atoms with Crippen molar-refractivity contribution in [2.24, 2.45) is 5.73 Å². The summed E-state index contributed by atoms with van der Waals surface area (Å²) in [6.45, 7) is 2.81. The highest BCUT2D eigenvalue weighted by atomic mass is 32.2. The van der Waals surface area contributed by atoms with Gasteiger partial charge in [0, 0.05) is 27.2 Å². The van der Waals surface area contributed by atoms with Gasteiger partial charge in [0.15, 0.2) is 5.16 Å². The zero-order chi connectivity index (χ0) is 14.5. The van der Waals surface area contributed by atoms with E-state index in [1.54, 1.807) is 4.90 Å². The van der Waals surface area contributed by atoms with Crippen molar-refractivity contribution < 1.29 is 9.53 Å². The van der Waals surface area contributed by atoms with Crippen LogP contribution < -0.4 is 15.5 Å². The molecule has 0 bridgehead atoms. The highest BCUT2D eigenvalue weighted by Crippen LogP contribution is 2.20. The number of hydrogen-bond acceptors (Lipinski definition) is 8. The number of carbonyl (C=O) groups excluding carboxylic acids is 1. The first-order valence-corrected chi connectivity index (χ1v) is 7.22. The maximum atomic E-state index is 10.9. The van der Waals surface area contributed by atoms with Gasteiger partial charge in [0.1, 0.15) is 0 Å². The quantitative estimate of drug-likeness (QED) is 0.716. The van der Waals surface area contributed by atoms with Gasteiger partial charge < -0.3 is 20.3 Å². The smallest absolute Gasteiger partial charge is 0.231 e. The fourth-order valence-corrected chi connectivity index (χ4v) is 2.20. The lowest BCUT2D eigenvalue weighted by atomic mass is 10.4. The standard InChI is InChI=1S/C11H18N6O2S/c1-16(2)9-13-10(17-3-5-19-6-4-17)15-11(14-9)20-7-8(12)18/h3-7H2,1-2H3,(H2,12,18). The minimum Gasteiger partial charge on any atom is -0.378 e. The third-order valence-electron chi connectivity index (χ3n) is 2.63. The van der Waals surface area contributed by atoms with Gasteiger partial charge >= 0.3 is 0 Å². The number of nitrogens with zero attached hydrogens (tertiary/aromatic N) is 5. The zero-order valence-electron chi connectivity index (χ0n) is 11.6. The number of amides is 1. The molecule has 0 saturated carbocycles. The van der Waals surface area contributed by atoms with E-state index in [2.05, 4.69) is 15.0 Å². The second kappa shape index (κ2) is 6.71. The second-order valence-electron chi connectivity index (χ2n) is 4.47. The molecule has 9 heteroatoms. The van der Waals surface area contributed by atoms with Crippen molar-refractivity contribution in [1.29, 1.82) is 0 Å². The summed E-state index contributed by atoms with van der Waals surface area (Å²) >= 11 is 1.22. The number of ether oxygens (including phenoxy) is 1. The van der Waals surface area contributed by atoms with Gasteiger partial charge in [-0.05, 0) is 0 Å². The molecule has 20 heavy (non-hydrogen) atoms. The molecule has 0 unspecified atom stereocenters. The van der Waals surface area contributed by atoms with Crippen molar-refractivity contribution in [2.45, 2.75) is 5.16 Å². The molecule has 110 valence electrons. The number of morpholine rings is 1. The van der Waals surface area contributed by atoms with Gasteiger partial charge in [0.2, 0.25) is 17.8 Å². The van der Waals surface area contributed by atoms with Crippen molar-refractivity contribution in [3.05, 3.63) is 0 Å². The lowest BCUT2D eigenvalue weighted by molar-refractivity contribution is -0.115. The molecular formula is C11H18N6O2S. The molecule has 0 atom stereocenters. The van der Waals surface area contributed by atoms with E-state index in [0.29, 0.717) is 30.3 Å². The molecule has 2 rings (SSSR count). The van der Waals surface area contributed by atoms with E-state index in [1.165, 1.54) is 11.8 Å². The molecule has 1 aliphatic rings. The van der Waals surface area contributed by atoms with Gasteiger partial charge in [-0.3, -0.25) is 4.79 Å². The van der Waals surface area contributed by atoms with Crippen molar-refractivity contribution in [2.75, 3.05) is 56.0 Å². The number of nitrogens with two attached hydrogens (primary N) is 1. The summed E-state index contributed by atoms with van der Waals surface area (Å²) < 4.78 is 5.32. The van der Waals surface area contributed by atoms with Crippen LogP contribution in [-0.2, 0) is 9.53 Å². The molecule has 0 spiro atoms. The van der Waals surface area contributed by atoms with Crippen LogP contribution in [0.15, 0.2) is 5.16 Å². The maximum absolute atomic E-state index is 10.9. The maximum Gasteiger partial charge on any atom is 0.231 e. The van der Waals surface area contributed by atoms with E-state index < -0.39 is 5.91 Å². The van der Waals surface area contributed by atoms with E-state index in [-0.39, 0.29) is 5.75 Å². The van der Waals surface area contributed by atoms with Crippen LogP contribution in [0.5, 0.6) is 0 Å². The highest BCUT2D eigenvalue weighted by Gasteiger charge is 2.17. The summed E-state index contributed by atoms with van der Waals surface area (Å²) in [6.07, 6.45) is 0. The number of anilines is 2. The average molecular weight is 298 g/mol. The molecular weight excluding hydrogens is 280 g/mol. The van der Waals surface area contributed by atoms with Crippen LogP contribution in [0.3, 0.4) is 0 Å². The third-order valence-corrected chi connectivity index (χ3v) is 3.50. The largest absolute Gasteiger partial charge is 0.378 e. The Morgan fingerprint density at radius 3 is 2.65 bits per heavy atom. The van der Waals surface area contributed by atoms with Gasteiger partial charge in [-0.25, -0.2) is 0 Å². The van der Waals surface area contributed by atoms with Crippen molar-refractivity contribution in [3.8, 4) is 0 Å². The monoisotopic (exact) mass is 298 g/mol. The minimum absolute atomic E-state index is 0.152. The number of thioether (sulfide) groups is 1.